The number of halogens is 1. The van der Waals surface area contributed by atoms with Crippen LogP contribution < -0.4 is 10.6 Å². The first-order valence-corrected chi connectivity index (χ1v) is 11.9. The number of fused-ring (bicyclic) bond motifs is 1. The van der Waals surface area contributed by atoms with Gasteiger partial charge in [0, 0.05) is 61.5 Å². The minimum absolute atomic E-state index is 0.189. The number of morpholine rings is 1. The molecule has 2 fully saturated rings. The predicted octanol–water partition coefficient (Wildman–Crippen LogP) is 0.992. The van der Waals surface area contributed by atoms with Gasteiger partial charge in [-0.2, -0.15) is 0 Å². The molecule has 1 unspecified atom stereocenters. The van der Waals surface area contributed by atoms with Gasteiger partial charge in [0.05, 0.1) is 18.7 Å². The molecule has 0 aromatic heterocycles. The Balaban J connectivity index is 1.28. The van der Waals surface area contributed by atoms with E-state index in [1.165, 1.54) is 4.90 Å². The maximum Gasteiger partial charge on any atom is 0.254 e. The Bertz CT molecular complexity index is 1190. The zero-order valence-electron chi connectivity index (χ0n) is 19.7. The van der Waals surface area contributed by atoms with E-state index in [2.05, 4.69) is 15.5 Å². The van der Waals surface area contributed by atoms with Crippen molar-refractivity contribution >= 4 is 31.3 Å². The topological polar surface area (TPSA) is 91.0 Å². The number of piperidine rings is 1. The highest BCUT2D eigenvalue weighted by atomic mass is 19.1. The Labute approximate surface area is 204 Å². The molecule has 3 heterocycles. The van der Waals surface area contributed by atoms with Crippen LogP contribution in [-0.4, -0.2) is 67.1 Å². The number of nitrogens with one attached hydrogen (secondary N) is 2. The van der Waals surface area contributed by atoms with E-state index < -0.39 is 11.3 Å². The smallest absolute Gasteiger partial charge is 0.254 e. The van der Waals surface area contributed by atoms with Gasteiger partial charge in [0.1, 0.15) is 13.7 Å². The zero-order valence-corrected chi connectivity index (χ0v) is 19.7. The molecule has 2 N–H and O–H groups in total. The van der Waals surface area contributed by atoms with Crippen LogP contribution in [0.3, 0.4) is 0 Å². The van der Waals surface area contributed by atoms with Crippen LogP contribution in [0, 0.1) is 5.82 Å². The maximum absolute atomic E-state index is 14.9. The van der Waals surface area contributed by atoms with Crippen molar-refractivity contribution in [3.8, 4) is 0 Å². The van der Waals surface area contributed by atoms with Crippen LogP contribution in [0.5, 0.6) is 0 Å². The van der Waals surface area contributed by atoms with E-state index in [1.807, 2.05) is 12.1 Å². The number of amides is 3. The van der Waals surface area contributed by atoms with Gasteiger partial charge in [0.15, 0.2) is 0 Å². The second-order valence-corrected chi connectivity index (χ2v) is 9.54. The standard InChI is InChI=1S/C25H28BFN4O4/c26-25(7-6-22(32)29-24(25)34)31-15-19-18(23(31)33)2-1-3-21(19)28-13-17-5-4-16(12-20(17)27)14-30-8-10-35-11-9-30/h1-5,12,28H,6-11,13-15,26H2,(H,29,32,34). The lowest BCUT2D eigenvalue weighted by Crippen LogP contribution is -2.63. The van der Waals surface area contributed by atoms with E-state index in [0.29, 0.717) is 30.9 Å². The van der Waals surface area contributed by atoms with Gasteiger partial charge in [-0.3, -0.25) is 24.6 Å². The van der Waals surface area contributed by atoms with Crippen molar-refractivity contribution in [2.24, 2.45) is 0 Å². The third-order valence-electron chi connectivity index (χ3n) is 7.24. The van der Waals surface area contributed by atoms with Crippen molar-refractivity contribution in [2.45, 2.75) is 37.9 Å². The van der Waals surface area contributed by atoms with Crippen LogP contribution in [0.2, 0.25) is 0 Å². The third-order valence-corrected chi connectivity index (χ3v) is 7.24. The highest BCUT2D eigenvalue weighted by Gasteiger charge is 2.48. The van der Waals surface area contributed by atoms with E-state index in [1.54, 1.807) is 32.1 Å². The molecule has 2 aromatic rings. The lowest BCUT2D eigenvalue weighted by atomic mass is 9.70. The number of rotatable bonds is 6. The molecule has 8 nitrogen and oxygen atoms in total. The zero-order chi connectivity index (χ0) is 24.6. The summed E-state index contributed by atoms with van der Waals surface area (Å²) in [7, 11) is 1.69. The summed E-state index contributed by atoms with van der Waals surface area (Å²) in [5.74, 6) is -1.29. The van der Waals surface area contributed by atoms with Gasteiger partial charge in [0.25, 0.3) is 5.91 Å². The second-order valence-electron chi connectivity index (χ2n) is 9.54. The summed E-state index contributed by atoms with van der Waals surface area (Å²) in [4.78, 5) is 41.2. The third kappa shape index (κ3) is 4.55. The summed E-state index contributed by atoms with van der Waals surface area (Å²) in [6.45, 7) is 4.29. The summed E-state index contributed by atoms with van der Waals surface area (Å²) >= 11 is 0. The van der Waals surface area contributed by atoms with E-state index >= 15 is 0 Å². The van der Waals surface area contributed by atoms with Crippen molar-refractivity contribution in [1.29, 1.82) is 0 Å². The van der Waals surface area contributed by atoms with Gasteiger partial charge < -0.3 is 15.0 Å². The molecule has 0 radical (unpaired) electrons. The van der Waals surface area contributed by atoms with Gasteiger partial charge in [0.2, 0.25) is 11.8 Å². The molecular formula is C25H28BFN4O4. The van der Waals surface area contributed by atoms with Crippen molar-refractivity contribution in [3.05, 3.63) is 64.5 Å². The molecule has 3 aliphatic rings. The SMILES string of the molecule is BC1(N2Cc3c(NCc4ccc(CN5CCOCC5)cc4F)cccc3C2=O)CCC(=O)NC1=O. The molecule has 10 heteroatoms. The number of benzene rings is 2. The lowest BCUT2D eigenvalue weighted by molar-refractivity contribution is -0.138. The fourth-order valence-corrected chi connectivity index (χ4v) is 4.99. The normalized spacial score (nSPS) is 22.8. The minimum atomic E-state index is -1.09. The van der Waals surface area contributed by atoms with E-state index in [9.17, 15) is 18.8 Å². The molecule has 0 aliphatic carbocycles. The quantitative estimate of drug-likeness (QED) is 0.476. The molecule has 3 aliphatic heterocycles. The molecule has 1 atom stereocenters. The molecule has 0 saturated carbocycles. The van der Waals surface area contributed by atoms with Crippen molar-refractivity contribution in [2.75, 3.05) is 31.6 Å². The fraction of sp³-hybridized carbons (Fsp3) is 0.400. The largest absolute Gasteiger partial charge is 0.381 e. The number of imide groups is 1. The molecule has 0 bridgehead atoms. The number of ether oxygens (including phenoxy) is 1. The minimum Gasteiger partial charge on any atom is -0.381 e. The van der Waals surface area contributed by atoms with Gasteiger partial charge in [-0.05, 0) is 30.2 Å². The summed E-state index contributed by atoms with van der Waals surface area (Å²) in [6.07, 6.45) is 0.469. The first-order valence-electron chi connectivity index (χ1n) is 11.9. The van der Waals surface area contributed by atoms with Crippen LogP contribution >= 0.6 is 0 Å². The van der Waals surface area contributed by atoms with Crippen LogP contribution in [0.1, 0.15) is 39.9 Å². The van der Waals surface area contributed by atoms with Crippen molar-refractivity contribution in [1.82, 2.24) is 15.1 Å². The summed E-state index contributed by atoms with van der Waals surface area (Å²) < 4.78 is 20.2. The number of carbonyl (C=O) groups is 3. The predicted molar refractivity (Wildman–Crippen MR) is 130 cm³/mol. The highest BCUT2D eigenvalue weighted by molar-refractivity contribution is 6.32. The van der Waals surface area contributed by atoms with E-state index in [0.717, 1.165) is 29.9 Å². The Morgan fingerprint density at radius 1 is 1.14 bits per heavy atom. The number of hydrogen-bond acceptors (Lipinski definition) is 6. The first-order chi connectivity index (χ1) is 16.8. The summed E-state index contributed by atoms with van der Waals surface area (Å²) in [6, 6.07) is 10.7. The van der Waals surface area contributed by atoms with Crippen molar-refractivity contribution < 1.29 is 23.5 Å². The molecule has 182 valence electrons. The second kappa shape index (κ2) is 9.43. The molecule has 0 spiro atoms. The average Bonchev–Trinajstić information content (AvgIpc) is 3.20. The lowest BCUT2D eigenvalue weighted by Gasteiger charge is -2.40. The average molecular weight is 478 g/mol. The molecule has 35 heavy (non-hydrogen) atoms. The molecule has 2 saturated heterocycles. The van der Waals surface area contributed by atoms with Gasteiger partial charge in [-0.25, -0.2) is 4.39 Å². The molecular weight excluding hydrogens is 450 g/mol. The van der Waals surface area contributed by atoms with Gasteiger partial charge in [-0.15, -0.1) is 0 Å². The Morgan fingerprint density at radius 3 is 2.69 bits per heavy atom. The summed E-state index contributed by atoms with van der Waals surface area (Å²) in [5, 5.41) is 5.63. The van der Waals surface area contributed by atoms with E-state index in [-0.39, 0.29) is 43.6 Å². The molecule has 2 aromatic carbocycles. The molecule has 3 amide bonds. The van der Waals surface area contributed by atoms with Crippen molar-refractivity contribution in [3.63, 3.8) is 0 Å². The Morgan fingerprint density at radius 2 is 1.94 bits per heavy atom. The number of anilines is 1. The Kier molecular flexibility index (Phi) is 6.33. The van der Waals surface area contributed by atoms with Crippen LogP contribution in [0.25, 0.3) is 0 Å². The monoisotopic (exact) mass is 478 g/mol. The van der Waals surface area contributed by atoms with Gasteiger partial charge in [-0.1, -0.05) is 18.2 Å². The van der Waals surface area contributed by atoms with Crippen LogP contribution in [-0.2, 0) is 34.0 Å². The van der Waals surface area contributed by atoms with E-state index in [4.69, 9.17) is 4.74 Å². The molecule has 5 rings (SSSR count). The first kappa shape index (κ1) is 23.5. The summed E-state index contributed by atoms with van der Waals surface area (Å²) in [5.41, 5.74) is 2.38. The fourth-order valence-electron chi connectivity index (χ4n) is 4.99. The number of carbonyl (C=O) groups excluding carboxylic acids is 3. The highest BCUT2D eigenvalue weighted by Crippen LogP contribution is 2.36. The van der Waals surface area contributed by atoms with Crippen LogP contribution in [0.4, 0.5) is 10.1 Å². The Hall–Kier alpha value is -3.24. The van der Waals surface area contributed by atoms with Gasteiger partial charge >= 0.3 is 0 Å². The number of nitrogens with zero attached hydrogens (tertiary/aromatic N) is 2. The number of hydrogen-bond donors (Lipinski definition) is 2. The maximum atomic E-state index is 14.9. The van der Waals surface area contributed by atoms with Crippen LogP contribution in [0.15, 0.2) is 36.4 Å².